The molecule has 1 atom stereocenters. The van der Waals surface area contributed by atoms with E-state index in [0.29, 0.717) is 0 Å². The Morgan fingerprint density at radius 3 is 2.56 bits per heavy atom. The molecule has 2 rings (SSSR count). The van der Waals surface area contributed by atoms with Crippen LogP contribution in [-0.2, 0) is 13.5 Å². The fraction of sp³-hybridized carbons (Fsp3) is 0.308. The summed E-state index contributed by atoms with van der Waals surface area (Å²) < 4.78 is 1.81. The summed E-state index contributed by atoms with van der Waals surface area (Å²) in [5.74, 6) is 5.64. The number of aryl methyl sites for hydroxylation is 1. The Hall–Kier alpha value is -1.30. The van der Waals surface area contributed by atoms with Gasteiger partial charge in [-0.2, -0.15) is 5.10 Å². The topological polar surface area (TPSA) is 55.9 Å². The van der Waals surface area contributed by atoms with E-state index in [4.69, 9.17) is 5.84 Å². The second-order valence-corrected chi connectivity index (χ2v) is 5.06. The van der Waals surface area contributed by atoms with E-state index in [-0.39, 0.29) is 6.04 Å². The van der Waals surface area contributed by atoms with E-state index in [1.54, 1.807) is 16.4 Å². The number of nitrogens with one attached hydrogen (secondary N) is 1. The molecule has 0 spiro atoms. The maximum absolute atomic E-state index is 5.64. The van der Waals surface area contributed by atoms with Gasteiger partial charge in [-0.1, -0.05) is 12.1 Å². The van der Waals surface area contributed by atoms with Gasteiger partial charge in [0.2, 0.25) is 0 Å². The average molecular weight is 262 g/mol. The van der Waals surface area contributed by atoms with E-state index < -0.39 is 0 Å². The van der Waals surface area contributed by atoms with Gasteiger partial charge in [-0.25, -0.2) is 0 Å². The highest BCUT2D eigenvalue weighted by Gasteiger charge is 2.12. The summed E-state index contributed by atoms with van der Waals surface area (Å²) in [5.41, 5.74) is 5.08. The van der Waals surface area contributed by atoms with Crippen molar-refractivity contribution in [2.45, 2.75) is 17.4 Å². The second-order valence-electron chi connectivity index (χ2n) is 4.18. The summed E-state index contributed by atoms with van der Waals surface area (Å²) in [6.45, 7) is 0. The number of nitrogens with zero attached hydrogens (tertiary/aromatic N) is 2. The lowest BCUT2D eigenvalue weighted by Gasteiger charge is -2.15. The fourth-order valence-electron chi connectivity index (χ4n) is 1.89. The Balaban J connectivity index is 2.12. The van der Waals surface area contributed by atoms with Crippen molar-refractivity contribution in [3.8, 4) is 0 Å². The lowest BCUT2D eigenvalue weighted by Crippen LogP contribution is -2.29. The van der Waals surface area contributed by atoms with Gasteiger partial charge in [0.05, 0.1) is 11.7 Å². The van der Waals surface area contributed by atoms with Gasteiger partial charge in [0.1, 0.15) is 0 Å². The van der Waals surface area contributed by atoms with Crippen molar-refractivity contribution in [2.24, 2.45) is 12.9 Å². The van der Waals surface area contributed by atoms with Crippen molar-refractivity contribution in [1.29, 1.82) is 0 Å². The first-order valence-corrected chi connectivity index (χ1v) is 7.04. The molecule has 4 nitrogen and oxygen atoms in total. The van der Waals surface area contributed by atoms with Gasteiger partial charge in [-0.3, -0.25) is 16.0 Å². The minimum atomic E-state index is 0.0933. The van der Waals surface area contributed by atoms with Crippen molar-refractivity contribution in [3.05, 3.63) is 47.8 Å². The largest absolute Gasteiger partial charge is 0.276 e. The number of thioether (sulfide) groups is 1. The molecule has 1 heterocycles. The molecule has 0 radical (unpaired) electrons. The summed E-state index contributed by atoms with van der Waals surface area (Å²) in [6, 6.07) is 10.6. The second kappa shape index (κ2) is 6.04. The molecule has 0 aliphatic carbocycles. The Morgan fingerprint density at radius 1 is 1.33 bits per heavy atom. The Morgan fingerprint density at radius 2 is 2.06 bits per heavy atom. The van der Waals surface area contributed by atoms with Crippen molar-refractivity contribution in [2.75, 3.05) is 6.26 Å². The van der Waals surface area contributed by atoms with E-state index in [1.807, 2.05) is 19.3 Å². The Labute approximate surface area is 112 Å². The minimum absolute atomic E-state index is 0.0933. The van der Waals surface area contributed by atoms with Crippen LogP contribution in [-0.4, -0.2) is 16.0 Å². The number of nitrogens with two attached hydrogens (primary N) is 1. The third-order valence-electron chi connectivity index (χ3n) is 2.90. The monoisotopic (exact) mass is 262 g/mol. The highest BCUT2D eigenvalue weighted by atomic mass is 32.2. The normalized spacial score (nSPS) is 12.6. The zero-order chi connectivity index (χ0) is 13.0. The molecule has 0 amide bonds. The lowest BCUT2D eigenvalue weighted by atomic mass is 10.0. The molecule has 0 fully saturated rings. The molecule has 1 aromatic heterocycles. The van der Waals surface area contributed by atoms with E-state index in [2.05, 4.69) is 41.0 Å². The van der Waals surface area contributed by atoms with Crippen molar-refractivity contribution in [3.63, 3.8) is 0 Å². The smallest absolute Gasteiger partial charge is 0.0643 e. The number of benzene rings is 1. The molecular formula is C13H18N4S. The first-order valence-electron chi connectivity index (χ1n) is 5.81. The van der Waals surface area contributed by atoms with Crippen LogP contribution in [0.5, 0.6) is 0 Å². The molecule has 0 bridgehead atoms. The molecule has 3 N–H and O–H groups in total. The molecule has 0 saturated carbocycles. The van der Waals surface area contributed by atoms with Gasteiger partial charge in [0.15, 0.2) is 0 Å². The predicted molar refractivity (Wildman–Crippen MR) is 75.2 cm³/mol. The Kier molecular flexibility index (Phi) is 4.41. The quantitative estimate of drug-likeness (QED) is 0.491. The van der Waals surface area contributed by atoms with E-state index in [1.165, 1.54) is 10.5 Å². The van der Waals surface area contributed by atoms with Crippen LogP contribution in [0.15, 0.2) is 41.4 Å². The van der Waals surface area contributed by atoms with E-state index in [0.717, 1.165) is 12.1 Å². The maximum atomic E-state index is 5.64. The van der Waals surface area contributed by atoms with Crippen LogP contribution in [0.2, 0.25) is 0 Å². The van der Waals surface area contributed by atoms with Crippen LogP contribution < -0.4 is 11.3 Å². The highest BCUT2D eigenvalue weighted by Crippen LogP contribution is 2.21. The third-order valence-corrected chi connectivity index (χ3v) is 3.65. The summed E-state index contributed by atoms with van der Waals surface area (Å²) in [7, 11) is 1.92. The zero-order valence-corrected chi connectivity index (χ0v) is 11.4. The average Bonchev–Trinajstić information content (AvgIpc) is 2.82. The number of hydrogen-bond acceptors (Lipinski definition) is 4. The number of hydrazine groups is 1. The maximum Gasteiger partial charge on any atom is 0.0643 e. The molecule has 18 heavy (non-hydrogen) atoms. The standard InChI is InChI=1S/C13H18N4S/c1-17-8-7-11(16-17)9-13(15-14)10-3-5-12(18-2)6-4-10/h3-8,13,15H,9,14H2,1-2H3. The molecule has 1 unspecified atom stereocenters. The molecular weight excluding hydrogens is 244 g/mol. The van der Waals surface area contributed by atoms with Crippen LogP contribution in [0.1, 0.15) is 17.3 Å². The van der Waals surface area contributed by atoms with Gasteiger partial charge >= 0.3 is 0 Å². The summed E-state index contributed by atoms with van der Waals surface area (Å²) in [4.78, 5) is 1.26. The number of hydrogen-bond donors (Lipinski definition) is 2. The van der Waals surface area contributed by atoms with Crippen LogP contribution in [0.3, 0.4) is 0 Å². The Bertz CT molecular complexity index is 492. The first kappa shape index (κ1) is 13.1. The highest BCUT2D eigenvalue weighted by molar-refractivity contribution is 7.98. The third kappa shape index (κ3) is 3.13. The first-order chi connectivity index (χ1) is 8.72. The van der Waals surface area contributed by atoms with Crippen LogP contribution in [0, 0.1) is 0 Å². The lowest BCUT2D eigenvalue weighted by molar-refractivity contribution is 0.541. The number of aromatic nitrogens is 2. The predicted octanol–water partition coefficient (Wildman–Crippen LogP) is 1.89. The molecule has 0 aliphatic heterocycles. The van der Waals surface area contributed by atoms with Gasteiger partial charge in [-0.05, 0) is 30.0 Å². The van der Waals surface area contributed by atoms with E-state index >= 15 is 0 Å². The molecule has 5 heteroatoms. The molecule has 96 valence electrons. The molecule has 0 saturated heterocycles. The van der Waals surface area contributed by atoms with Crippen molar-refractivity contribution >= 4 is 11.8 Å². The van der Waals surface area contributed by atoms with Crippen molar-refractivity contribution in [1.82, 2.24) is 15.2 Å². The number of rotatable bonds is 5. The van der Waals surface area contributed by atoms with Crippen LogP contribution in [0.25, 0.3) is 0 Å². The van der Waals surface area contributed by atoms with Crippen molar-refractivity contribution < 1.29 is 0 Å². The molecule has 0 aliphatic rings. The molecule has 1 aromatic carbocycles. The minimum Gasteiger partial charge on any atom is -0.276 e. The van der Waals surface area contributed by atoms with Gasteiger partial charge in [-0.15, -0.1) is 11.8 Å². The van der Waals surface area contributed by atoms with Gasteiger partial charge < -0.3 is 0 Å². The van der Waals surface area contributed by atoms with Crippen LogP contribution >= 0.6 is 11.8 Å². The van der Waals surface area contributed by atoms with Crippen LogP contribution in [0.4, 0.5) is 0 Å². The van der Waals surface area contributed by atoms with E-state index in [9.17, 15) is 0 Å². The summed E-state index contributed by atoms with van der Waals surface area (Å²) >= 11 is 1.74. The summed E-state index contributed by atoms with van der Waals surface area (Å²) in [6.07, 6.45) is 4.80. The SMILES string of the molecule is CSc1ccc(C(Cc2ccn(C)n2)NN)cc1. The molecule has 2 aromatic rings. The van der Waals surface area contributed by atoms with Gasteiger partial charge in [0, 0.05) is 24.6 Å². The summed E-state index contributed by atoms with van der Waals surface area (Å²) in [5, 5.41) is 4.37. The fourth-order valence-corrected chi connectivity index (χ4v) is 2.30. The zero-order valence-electron chi connectivity index (χ0n) is 10.6. The van der Waals surface area contributed by atoms with Gasteiger partial charge in [0.25, 0.3) is 0 Å².